The molecule has 0 saturated carbocycles. The molecule has 2 heterocycles. The molecule has 142 valence electrons. The molecule has 1 fully saturated rings. The fourth-order valence-corrected chi connectivity index (χ4v) is 4.91. The summed E-state index contributed by atoms with van der Waals surface area (Å²) >= 11 is 1.69. The van der Waals surface area contributed by atoms with E-state index in [1.54, 1.807) is 11.8 Å². The minimum Gasteiger partial charge on any atom is -0.321 e. The Kier molecular flexibility index (Phi) is 5.26. The Morgan fingerprint density at radius 1 is 1.19 bits per heavy atom. The highest BCUT2D eigenvalue weighted by atomic mass is 32.2. The predicted octanol–water partition coefficient (Wildman–Crippen LogP) is 4.31. The van der Waals surface area contributed by atoms with Crippen LogP contribution in [0.3, 0.4) is 0 Å². The Hall–Kier alpha value is -1.82. The lowest BCUT2D eigenvalue weighted by Gasteiger charge is -2.40. The van der Waals surface area contributed by atoms with E-state index >= 15 is 0 Å². The number of aromatic nitrogens is 2. The molecule has 2 aromatic carbocycles. The summed E-state index contributed by atoms with van der Waals surface area (Å²) in [5.74, 6) is 0.509. The molecule has 3 N–H and O–H groups in total. The van der Waals surface area contributed by atoms with Crippen molar-refractivity contribution < 1.29 is 0 Å². The Morgan fingerprint density at radius 3 is 2.59 bits per heavy atom. The maximum atomic E-state index is 7.05. The third-order valence-electron chi connectivity index (χ3n) is 6.03. The third-order valence-corrected chi connectivity index (χ3v) is 6.72. The zero-order valence-electron chi connectivity index (χ0n) is 16.1. The average molecular weight is 381 g/mol. The van der Waals surface area contributed by atoms with E-state index in [1.165, 1.54) is 10.9 Å². The average Bonchev–Trinajstić information content (AvgIpc) is 3.12. The third kappa shape index (κ3) is 3.28. The van der Waals surface area contributed by atoms with Crippen LogP contribution in [-0.2, 0) is 5.54 Å². The number of thioether (sulfide) groups is 1. The van der Waals surface area contributed by atoms with Crippen molar-refractivity contribution in [1.82, 2.24) is 15.1 Å². The first-order chi connectivity index (χ1) is 13.2. The lowest BCUT2D eigenvalue weighted by molar-refractivity contribution is 0.209. The Labute approximate surface area is 165 Å². The summed E-state index contributed by atoms with van der Waals surface area (Å²) in [5, 5.41) is 10.6. The van der Waals surface area contributed by atoms with Crippen LogP contribution in [-0.4, -0.2) is 29.1 Å². The molecule has 0 aliphatic carbocycles. The molecule has 1 aliphatic heterocycles. The van der Waals surface area contributed by atoms with Crippen molar-refractivity contribution in [2.24, 2.45) is 11.7 Å². The molecule has 1 aliphatic rings. The zero-order valence-corrected chi connectivity index (χ0v) is 16.9. The summed E-state index contributed by atoms with van der Waals surface area (Å²) in [6.07, 6.45) is 5.30. The molecule has 1 saturated heterocycles. The highest BCUT2D eigenvalue weighted by Gasteiger charge is 2.36. The minimum atomic E-state index is -0.290. The number of nitrogens with two attached hydrogens (primary N) is 1. The van der Waals surface area contributed by atoms with Crippen molar-refractivity contribution in [2.45, 2.75) is 36.8 Å². The summed E-state index contributed by atoms with van der Waals surface area (Å²) in [6, 6.07) is 17.1. The van der Waals surface area contributed by atoms with Gasteiger partial charge < -0.3 is 11.1 Å². The molecule has 4 rings (SSSR count). The molecule has 0 spiro atoms. The van der Waals surface area contributed by atoms with E-state index in [9.17, 15) is 0 Å². The second kappa shape index (κ2) is 7.66. The van der Waals surface area contributed by atoms with Gasteiger partial charge in [0.05, 0.1) is 11.2 Å². The first-order valence-electron chi connectivity index (χ1n) is 9.79. The van der Waals surface area contributed by atoms with E-state index < -0.39 is 0 Å². The fourth-order valence-electron chi connectivity index (χ4n) is 4.36. The second-order valence-corrected chi connectivity index (χ2v) is 8.20. The molecule has 1 aromatic heterocycles. The monoisotopic (exact) mass is 380 g/mol. The van der Waals surface area contributed by atoms with Crippen LogP contribution >= 0.6 is 11.8 Å². The lowest BCUT2D eigenvalue weighted by Crippen LogP contribution is -2.47. The van der Waals surface area contributed by atoms with Crippen LogP contribution in [0.15, 0.2) is 53.6 Å². The van der Waals surface area contributed by atoms with Crippen LogP contribution in [0.2, 0.25) is 0 Å². The fraction of sp³-hybridized carbons (Fsp3) is 0.409. The maximum Gasteiger partial charge on any atom is 0.126 e. The molecule has 4 nitrogen and oxygen atoms in total. The number of fused-ring (bicyclic) bond motifs is 1. The number of piperidine rings is 1. The topological polar surface area (TPSA) is 55.9 Å². The summed E-state index contributed by atoms with van der Waals surface area (Å²) in [4.78, 5) is 0. The Morgan fingerprint density at radius 2 is 1.93 bits per heavy atom. The SMILES string of the molecule is CCC(N)(c1ccc2c(SC)nn(-c3ccccc3)c2c1)C1CCNCC1. The van der Waals surface area contributed by atoms with Gasteiger partial charge >= 0.3 is 0 Å². The number of benzene rings is 2. The first kappa shape index (κ1) is 18.5. The second-order valence-electron chi connectivity index (χ2n) is 7.41. The Bertz CT molecular complexity index is 915. The standard InChI is InChI=1S/C22H28N4S/c1-3-22(23,16-11-13-24-14-12-16)17-9-10-19-20(15-17)26(25-21(19)27-2)18-7-5-4-6-8-18/h4-10,15-16,24H,3,11-14,23H2,1-2H3. The van der Waals surface area contributed by atoms with Gasteiger partial charge in [0.25, 0.3) is 0 Å². The summed E-state index contributed by atoms with van der Waals surface area (Å²) in [5.41, 5.74) is 10.2. The molecule has 3 aromatic rings. The molecule has 0 bridgehead atoms. The van der Waals surface area contributed by atoms with Gasteiger partial charge in [0.15, 0.2) is 0 Å². The van der Waals surface area contributed by atoms with Crippen molar-refractivity contribution in [3.8, 4) is 5.69 Å². The zero-order chi connectivity index (χ0) is 18.9. The highest BCUT2D eigenvalue weighted by molar-refractivity contribution is 7.98. The van der Waals surface area contributed by atoms with Crippen molar-refractivity contribution in [3.05, 3.63) is 54.1 Å². The number of hydrogen-bond donors (Lipinski definition) is 2. The summed E-state index contributed by atoms with van der Waals surface area (Å²) < 4.78 is 2.06. The largest absolute Gasteiger partial charge is 0.321 e. The van der Waals surface area contributed by atoms with Crippen molar-refractivity contribution >= 4 is 22.7 Å². The van der Waals surface area contributed by atoms with Gasteiger partial charge in [0.1, 0.15) is 5.03 Å². The molecule has 1 unspecified atom stereocenters. The van der Waals surface area contributed by atoms with E-state index in [2.05, 4.69) is 65.6 Å². The number of para-hydroxylation sites is 1. The van der Waals surface area contributed by atoms with Gasteiger partial charge in [-0.25, -0.2) is 4.68 Å². The molecule has 0 amide bonds. The lowest BCUT2D eigenvalue weighted by atomic mass is 9.72. The Balaban J connectivity index is 1.85. The van der Waals surface area contributed by atoms with Gasteiger partial charge in [0, 0.05) is 10.9 Å². The van der Waals surface area contributed by atoms with E-state index in [-0.39, 0.29) is 5.54 Å². The van der Waals surface area contributed by atoms with Crippen molar-refractivity contribution in [3.63, 3.8) is 0 Å². The molecule has 0 radical (unpaired) electrons. The van der Waals surface area contributed by atoms with Crippen LogP contribution in [0.5, 0.6) is 0 Å². The van der Waals surface area contributed by atoms with E-state index in [0.717, 1.165) is 48.6 Å². The number of hydrogen-bond acceptors (Lipinski definition) is 4. The van der Waals surface area contributed by atoms with Crippen LogP contribution < -0.4 is 11.1 Å². The van der Waals surface area contributed by atoms with Crippen LogP contribution in [0.1, 0.15) is 31.7 Å². The van der Waals surface area contributed by atoms with Gasteiger partial charge in [0.2, 0.25) is 0 Å². The quantitative estimate of drug-likeness (QED) is 0.648. The van der Waals surface area contributed by atoms with Crippen LogP contribution in [0.25, 0.3) is 16.6 Å². The predicted molar refractivity (Wildman–Crippen MR) is 115 cm³/mol. The smallest absolute Gasteiger partial charge is 0.126 e. The van der Waals surface area contributed by atoms with Crippen LogP contribution in [0.4, 0.5) is 0 Å². The normalized spacial score (nSPS) is 17.9. The molecule has 27 heavy (non-hydrogen) atoms. The first-order valence-corrected chi connectivity index (χ1v) is 11.0. The molecular weight excluding hydrogens is 352 g/mol. The van der Waals surface area contributed by atoms with Gasteiger partial charge in [-0.1, -0.05) is 31.2 Å². The van der Waals surface area contributed by atoms with Gasteiger partial charge in [-0.05, 0) is 74.4 Å². The minimum absolute atomic E-state index is 0.290. The molecule has 5 heteroatoms. The van der Waals surface area contributed by atoms with Gasteiger partial charge in [-0.15, -0.1) is 11.8 Å². The van der Waals surface area contributed by atoms with Gasteiger partial charge in [-0.2, -0.15) is 5.10 Å². The number of rotatable bonds is 5. The van der Waals surface area contributed by atoms with E-state index in [1.807, 2.05) is 6.07 Å². The highest BCUT2D eigenvalue weighted by Crippen LogP contribution is 2.38. The number of nitrogens with zero attached hydrogens (tertiary/aromatic N) is 2. The van der Waals surface area contributed by atoms with Crippen LogP contribution in [0, 0.1) is 5.92 Å². The van der Waals surface area contributed by atoms with E-state index in [0.29, 0.717) is 5.92 Å². The number of nitrogens with one attached hydrogen (secondary N) is 1. The summed E-state index contributed by atoms with van der Waals surface area (Å²) in [7, 11) is 0. The van der Waals surface area contributed by atoms with Gasteiger partial charge in [-0.3, -0.25) is 0 Å². The van der Waals surface area contributed by atoms with Crippen molar-refractivity contribution in [2.75, 3.05) is 19.3 Å². The maximum absolute atomic E-state index is 7.05. The van der Waals surface area contributed by atoms with Crippen molar-refractivity contribution in [1.29, 1.82) is 0 Å². The summed E-state index contributed by atoms with van der Waals surface area (Å²) in [6.45, 7) is 4.34. The molecular formula is C22H28N4S. The molecule has 1 atom stereocenters. The van der Waals surface area contributed by atoms with E-state index in [4.69, 9.17) is 10.8 Å².